The van der Waals surface area contributed by atoms with E-state index in [2.05, 4.69) is 30.3 Å². The average Bonchev–Trinajstić information content (AvgIpc) is 3.82. The van der Waals surface area contributed by atoms with Crippen molar-refractivity contribution in [2.45, 2.75) is 44.6 Å². The number of esters is 1. The van der Waals surface area contributed by atoms with Crippen LogP contribution in [-0.2, 0) is 16.0 Å². The van der Waals surface area contributed by atoms with Crippen molar-refractivity contribution in [1.29, 1.82) is 0 Å². The fraction of sp³-hybridized carbons (Fsp3) is 0.400. The molecule has 240 valence electrons. The summed E-state index contributed by atoms with van der Waals surface area (Å²) in [6.07, 6.45) is -0.0268. The molecule has 15 heteroatoms. The van der Waals surface area contributed by atoms with Crippen LogP contribution >= 0.6 is 0 Å². The number of hydrogen-bond donors (Lipinski definition) is 2. The lowest BCUT2D eigenvalue weighted by Crippen LogP contribution is -2.20. The summed E-state index contributed by atoms with van der Waals surface area (Å²) in [5.41, 5.74) is 1.54. The van der Waals surface area contributed by atoms with Crippen molar-refractivity contribution in [3.63, 3.8) is 0 Å². The number of nitrogens with zero attached hydrogens (tertiary/aromatic N) is 3. The molecule has 0 saturated heterocycles. The van der Waals surface area contributed by atoms with Gasteiger partial charge in [-0.3, -0.25) is 0 Å². The molecule has 1 fully saturated rings. The summed E-state index contributed by atoms with van der Waals surface area (Å²) in [4.78, 5) is 25.8. The number of nitrogens with one attached hydrogen (secondary N) is 2. The zero-order valence-electron chi connectivity index (χ0n) is 24.2. The summed E-state index contributed by atoms with van der Waals surface area (Å²) in [5.74, 6) is -4.07. The van der Waals surface area contributed by atoms with Crippen molar-refractivity contribution in [1.82, 2.24) is 20.3 Å². The first-order valence-electron chi connectivity index (χ1n) is 14.2. The van der Waals surface area contributed by atoms with Crippen LogP contribution in [-0.4, -0.2) is 66.8 Å². The Labute approximate surface area is 254 Å². The maximum absolute atomic E-state index is 13.8. The number of anilines is 1. The van der Waals surface area contributed by atoms with E-state index in [1.54, 1.807) is 24.4 Å². The molecule has 0 atom stereocenters. The smallest absolute Gasteiger partial charge is 0.474 e. The summed E-state index contributed by atoms with van der Waals surface area (Å²) in [6, 6.07) is 6.99. The maximum Gasteiger partial charge on any atom is 0.573 e. The molecule has 0 spiro atoms. The Bertz CT molecular complexity index is 1650. The van der Waals surface area contributed by atoms with Gasteiger partial charge in [0.15, 0.2) is 11.6 Å². The predicted octanol–water partition coefficient (Wildman–Crippen LogP) is 5.68. The molecule has 5 rings (SSSR count). The number of alkyl halides is 3. The standard InChI is InChI=1S/C30H30F5N5O5/c1-42-28(41)18-4-7-20-21-16-37-29(38-19-5-6-19)40-25(21)27(39-24(20)14-18)44-11-10-43-9-3-2-8-36-15-17-12-22(31)26(23(32)13-17)45-30(33,34)35/h4,7,12-14,16,19,36H,2-3,5-6,8-11,15H2,1H3,(H,37,38,40). The first kappa shape index (κ1) is 32.0. The van der Waals surface area contributed by atoms with E-state index in [1.165, 1.54) is 7.11 Å². The van der Waals surface area contributed by atoms with Gasteiger partial charge in [0.1, 0.15) is 12.1 Å². The van der Waals surface area contributed by atoms with E-state index >= 15 is 0 Å². The molecule has 1 aliphatic rings. The Balaban J connectivity index is 1.09. The first-order valence-corrected chi connectivity index (χ1v) is 14.2. The second-order valence-corrected chi connectivity index (χ2v) is 10.3. The highest BCUT2D eigenvalue weighted by molar-refractivity contribution is 6.07. The summed E-state index contributed by atoms with van der Waals surface area (Å²) >= 11 is 0. The number of carbonyl (C=O) groups excluding carboxylic acids is 1. The van der Waals surface area contributed by atoms with E-state index < -0.39 is 29.7 Å². The third-order valence-corrected chi connectivity index (χ3v) is 6.80. The minimum atomic E-state index is -5.19. The number of benzene rings is 2. The molecule has 0 amide bonds. The lowest BCUT2D eigenvalue weighted by Gasteiger charge is -2.13. The molecular formula is C30H30F5N5O5. The number of methoxy groups -OCH3 is 1. The summed E-state index contributed by atoms with van der Waals surface area (Å²) in [5, 5.41) is 7.73. The van der Waals surface area contributed by atoms with E-state index in [1.807, 2.05) is 0 Å². The van der Waals surface area contributed by atoms with Crippen LogP contribution in [0.25, 0.3) is 21.8 Å². The van der Waals surface area contributed by atoms with Gasteiger partial charge in [-0.2, -0.15) is 0 Å². The monoisotopic (exact) mass is 635 g/mol. The lowest BCUT2D eigenvalue weighted by molar-refractivity contribution is -0.276. The van der Waals surface area contributed by atoms with Gasteiger partial charge in [-0.15, -0.1) is 13.2 Å². The second kappa shape index (κ2) is 14.2. The Morgan fingerprint density at radius 3 is 2.49 bits per heavy atom. The molecule has 2 aromatic heterocycles. The topological polar surface area (TPSA) is 117 Å². The van der Waals surface area contributed by atoms with Gasteiger partial charge in [0, 0.05) is 36.2 Å². The van der Waals surface area contributed by atoms with Gasteiger partial charge < -0.3 is 29.6 Å². The molecule has 0 unspecified atom stereocenters. The number of unbranched alkanes of at least 4 members (excludes halogenated alkanes) is 1. The van der Waals surface area contributed by atoms with E-state index in [0.717, 1.165) is 35.7 Å². The fourth-order valence-electron chi connectivity index (χ4n) is 4.50. The van der Waals surface area contributed by atoms with Crippen molar-refractivity contribution in [3.05, 3.63) is 59.3 Å². The van der Waals surface area contributed by atoms with Crippen LogP contribution in [0.15, 0.2) is 36.5 Å². The Morgan fingerprint density at radius 2 is 1.78 bits per heavy atom. The molecule has 0 bridgehead atoms. The molecule has 1 aliphatic carbocycles. The van der Waals surface area contributed by atoms with Gasteiger partial charge >= 0.3 is 12.3 Å². The van der Waals surface area contributed by atoms with Crippen LogP contribution in [0, 0.1) is 11.6 Å². The van der Waals surface area contributed by atoms with Crippen LogP contribution in [0.3, 0.4) is 0 Å². The molecule has 2 aromatic carbocycles. The van der Waals surface area contributed by atoms with Crippen LogP contribution < -0.4 is 20.1 Å². The largest absolute Gasteiger partial charge is 0.573 e. The van der Waals surface area contributed by atoms with Gasteiger partial charge in [-0.05, 0) is 62.1 Å². The number of fused-ring (bicyclic) bond motifs is 3. The molecule has 2 heterocycles. The summed E-state index contributed by atoms with van der Waals surface area (Å²) in [7, 11) is 1.31. The van der Waals surface area contributed by atoms with E-state index in [4.69, 9.17) is 14.2 Å². The zero-order chi connectivity index (χ0) is 32.0. The number of aromatic nitrogens is 3. The van der Waals surface area contributed by atoms with Gasteiger partial charge in [0.25, 0.3) is 0 Å². The van der Waals surface area contributed by atoms with Gasteiger partial charge in [-0.25, -0.2) is 28.5 Å². The highest BCUT2D eigenvalue weighted by atomic mass is 19.4. The summed E-state index contributed by atoms with van der Waals surface area (Å²) in [6.45, 7) is 1.42. The summed E-state index contributed by atoms with van der Waals surface area (Å²) < 4.78 is 84.4. The van der Waals surface area contributed by atoms with Crippen molar-refractivity contribution in [2.75, 3.05) is 38.8 Å². The predicted molar refractivity (Wildman–Crippen MR) is 153 cm³/mol. The maximum atomic E-state index is 13.8. The Hall–Kier alpha value is -4.37. The fourth-order valence-corrected chi connectivity index (χ4v) is 4.50. The van der Waals surface area contributed by atoms with Gasteiger partial charge in [0.2, 0.25) is 17.6 Å². The average molecular weight is 636 g/mol. The highest BCUT2D eigenvalue weighted by Crippen LogP contribution is 2.32. The van der Waals surface area contributed by atoms with E-state index in [-0.39, 0.29) is 31.2 Å². The first-order chi connectivity index (χ1) is 21.6. The minimum Gasteiger partial charge on any atom is -0.474 e. The Morgan fingerprint density at radius 1 is 1.00 bits per heavy atom. The molecule has 0 aliphatic heterocycles. The van der Waals surface area contributed by atoms with E-state index in [0.29, 0.717) is 54.6 Å². The molecule has 45 heavy (non-hydrogen) atoms. The van der Waals surface area contributed by atoms with Crippen LogP contribution in [0.1, 0.15) is 41.6 Å². The SMILES string of the molecule is COC(=O)c1ccc2c(c1)nc(OCCOCCCCNCc1cc(F)c(OC(F)(F)F)c(F)c1)c1nc(NC3CC3)ncc12. The number of carbonyl (C=O) groups is 1. The molecule has 1 saturated carbocycles. The molecule has 4 aromatic rings. The van der Waals surface area contributed by atoms with Crippen molar-refractivity contribution < 1.29 is 45.7 Å². The number of pyridine rings is 1. The quantitative estimate of drug-likeness (QED) is 0.0732. The normalized spacial score (nSPS) is 13.3. The van der Waals surface area contributed by atoms with E-state index in [9.17, 15) is 26.7 Å². The third-order valence-electron chi connectivity index (χ3n) is 6.80. The number of hydrogen-bond acceptors (Lipinski definition) is 10. The molecule has 0 radical (unpaired) electrons. The highest BCUT2D eigenvalue weighted by Gasteiger charge is 2.34. The van der Waals surface area contributed by atoms with Gasteiger partial charge in [-0.1, -0.05) is 6.07 Å². The minimum absolute atomic E-state index is 0.0596. The van der Waals surface area contributed by atoms with Crippen LogP contribution in [0.4, 0.5) is 27.9 Å². The Kier molecular flexibility index (Phi) is 10.1. The van der Waals surface area contributed by atoms with Gasteiger partial charge in [0.05, 0.1) is 24.8 Å². The third kappa shape index (κ3) is 8.63. The molecular weight excluding hydrogens is 605 g/mol. The van der Waals surface area contributed by atoms with Crippen molar-refractivity contribution in [2.24, 2.45) is 0 Å². The lowest BCUT2D eigenvalue weighted by atomic mass is 10.1. The number of rotatable bonds is 15. The molecule has 2 N–H and O–H groups in total. The zero-order valence-corrected chi connectivity index (χ0v) is 24.2. The van der Waals surface area contributed by atoms with Crippen molar-refractivity contribution >= 4 is 33.7 Å². The van der Waals surface area contributed by atoms with Crippen molar-refractivity contribution in [3.8, 4) is 11.6 Å². The number of ether oxygens (including phenoxy) is 4. The number of halogens is 5. The van der Waals surface area contributed by atoms with Crippen LogP contribution in [0.5, 0.6) is 11.6 Å². The molecule has 10 nitrogen and oxygen atoms in total. The second-order valence-electron chi connectivity index (χ2n) is 10.3. The van der Waals surface area contributed by atoms with Crippen LogP contribution in [0.2, 0.25) is 0 Å².